The third kappa shape index (κ3) is 4.05. The van der Waals surface area contributed by atoms with E-state index in [0.29, 0.717) is 31.4 Å². The lowest BCUT2D eigenvalue weighted by Gasteiger charge is -2.36. The fourth-order valence-corrected chi connectivity index (χ4v) is 4.81. The van der Waals surface area contributed by atoms with Crippen LogP contribution in [0.5, 0.6) is 0 Å². The summed E-state index contributed by atoms with van der Waals surface area (Å²) >= 11 is 0. The van der Waals surface area contributed by atoms with Crippen molar-refractivity contribution in [3.05, 3.63) is 48.0 Å². The molecule has 2 aromatic rings. The summed E-state index contributed by atoms with van der Waals surface area (Å²) < 4.78 is 66.0. The summed E-state index contributed by atoms with van der Waals surface area (Å²) in [5.41, 5.74) is 9.30. The quantitative estimate of drug-likeness (QED) is 0.623. The van der Waals surface area contributed by atoms with Crippen molar-refractivity contribution in [1.29, 1.82) is 0 Å². The molecule has 1 saturated heterocycles. The molecule has 0 saturated carbocycles. The lowest BCUT2D eigenvalue weighted by atomic mass is 9.95. The van der Waals surface area contributed by atoms with Crippen molar-refractivity contribution in [2.75, 3.05) is 42.5 Å². The summed E-state index contributed by atoms with van der Waals surface area (Å²) in [6.07, 6.45) is -4.79. The van der Waals surface area contributed by atoms with Gasteiger partial charge in [0.05, 0.1) is 5.69 Å². The molecule has 0 bridgehead atoms. The number of nitrogen functional groups attached to an aromatic ring is 2. The average Bonchev–Trinajstić information content (AvgIpc) is 2.67. The first-order valence-corrected chi connectivity index (χ1v) is 10.6. The van der Waals surface area contributed by atoms with Crippen LogP contribution >= 0.6 is 0 Å². The van der Waals surface area contributed by atoms with Gasteiger partial charge in [0.25, 0.3) is 0 Å². The molecule has 1 aliphatic heterocycles. The van der Waals surface area contributed by atoms with Gasteiger partial charge in [-0.05, 0) is 42.8 Å². The van der Waals surface area contributed by atoms with Crippen molar-refractivity contribution in [3.8, 4) is 0 Å². The van der Waals surface area contributed by atoms with Gasteiger partial charge in [-0.25, -0.2) is 8.42 Å². The number of piperazine rings is 1. The minimum Gasteiger partial charge on any atom is -0.399 e. The van der Waals surface area contributed by atoms with Gasteiger partial charge in [0.2, 0.25) is 10.0 Å². The highest BCUT2D eigenvalue weighted by atomic mass is 32.2. The van der Waals surface area contributed by atoms with Crippen LogP contribution in [0.1, 0.15) is 12.5 Å². The van der Waals surface area contributed by atoms with E-state index in [1.165, 1.54) is 46.8 Å². The monoisotopic (exact) mass is 444 g/mol. The highest BCUT2D eigenvalue weighted by molar-refractivity contribution is 7.89. The van der Waals surface area contributed by atoms with Gasteiger partial charge < -0.3 is 21.5 Å². The maximum Gasteiger partial charge on any atom is 0.421 e. The minimum atomic E-state index is -4.79. The van der Waals surface area contributed by atoms with E-state index in [9.17, 15) is 26.7 Å². The van der Waals surface area contributed by atoms with E-state index in [0.717, 1.165) is 0 Å². The van der Waals surface area contributed by atoms with Gasteiger partial charge >= 0.3 is 6.18 Å². The minimum absolute atomic E-state index is 0.0103. The fourth-order valence-electron chi connectivity index (χ4n) is 3.29. The Morgan fingerprint density at radius 2 is 1.53 bits per heavy atom. The molecule has 0 spiro atoms. The molecular weight excluding hydrogens is 421 g/mol. The number of sulfonamides is 1. The van der Waals surface area contributed by atoms with Gasteiger partial charge in [-0.3, -0.25) is 0 Å². The molecule has 1 aliphatic rings. The van der Waals surface area contributed by atoms with Gasteiger partial charge in [-0.15, -0.1) is 0 Å². The van der Waals surface area contributed by atoms with Crippen LogP contribution in [-0.2, 0) is 15.6 Å². The number of hydrogen-bond donors (Lipinski definition) is 3. The Hall–Kier alpha value is -2.50. The maximum absolute atomic E-state index is 13.0. The number of nitrogens with two attached hydrogens (primary N) is 2. The van der Waals surface area contributed by atoms with E-state index in [1.807, 2.05) is 4.90 Å². The van der Waals surface area contributed by atoms with Gasteiger partial charge in [0.15, 0.2) is 5.60 Å². The molecule has 0 aliphatic carbocycles. The predicted molar refractivity (Wildman–Crippen MR) is 108 cm³/mol. The van der Waals surface area contributed by atoms with Crippen LogP contribution < -0.4 is 16.4 Å². The first-order valence-electron chi connectivity index (χ1n) is 9.14. The molecule has 5 N–H and O–H groups in total. The molecule has 1 unspecified atom stereocenters. The molecule has 30 heavy (non-hydrogen) atoms. The van der Waals surface area contributed by atoms with Crippen LogP contribution in [0.25, 0.3) is 0 Å². The molecule has 2 aromatic carbocycles. The lowest BCUT2D eigenvalue weighted by molar-refractivity contribution is -0.258. The van der Waals surface area contributed by atoms with Crippen molar-refractivity contribution in [2.24, 2.45) is 0 Å². The van der Waals surface area contributed by atoms with E-state index in [-0.39, 0.29) is 29.2 Å². The molecule has 7 nitrogen and oxygen atoms in total. The second-order valence-electron chi connectivity index (χ2n) is 7.31. The van der Waals surface area contributed by atoms with E-state index >= 15 is 0 Å². The summed E-state index contributed by atoms with van der Waals surface area (Å²) in [7, 11) is -3.79. The normalized spacial score (nSPS) is 18.2. The number of anilines is 3. The highest BCUT2D eigenvalue weighted by Crippen LogP contribution is 2.39. The summed E-state index contributed by atoms with van der Waals surface area (Å²) in [6.45, 7) is 1.78. The first kappa shape index (κ1) is 22.2. The molecule has 1 atom stereocenters. The van der Waals surface area contributed by atoms with Crippen LogP contribution in [-0.4, -0.2) is 50.2 Å². The Morgan fingerprint density at radius 1 is 0.967 bits per heavy atom. The Balaban J connectivity index is 1.71. The second-order valence-corrected chi connectivity index (χ2v) is 9.21. The zero-order chi connectivity index (χ0) is 22.3. The third-order valence-electron chi connectivity index (χ3n) is 5.24. The summed E-state index contributed by atoms with van der Waals surface area (Å²) in [5, 5.41) is 9.77. The van der Waals surface area contributed by atoms with Crippen LogP contribution in [0.2, 0.25) is 0 Å². The van der Waals surface area contributed by atoms with Crippen molar-refractivity contribution in [2.45, 2.75) is 23.6 Å². The number of aliphatic hydroxyl groups is 1. The lowest BCUT2D eigenvalue weighted by Crippen LogP contribution is -2.48. The third-order valence-corrected chi connectivity index (χ3v) is 7.21. The Morgan fingerprint density at radius 3 is 2.03 bits per heavy atom. The van der Waals surface area contributed by atoms with Crippen molar-refractivity contribution in [1.82, 2.24) is 4.31 Å². The number of alkyl halides is 3. The van der Waals surface area contributed by atoms with Crippen molar-refractivity contribution >= 4 is 27.1 Å². The SMILES string of the molecule is CC(O)(c1ccc(N2CCN(S(=O)(=O)c3ccc(N)cc3N)CC2)cc1)C(F)(F)F. The molecule has 164 valence electrons. The van der Waals surface area contributed by atoms with Gasteiger partial charge in [0, 0.05) is 37.6 Å². The highest BCUT2D eigenvalue weighted by Gasteiger charge is 2.51. The van der Waals surface area contributed by atoms with E-state index < -0.39 is 21.8 Å². The predicted octanol–water partition coefficient (Wildman–Crippen LogP) is 2.13. The molecular formula is C19H23F3N4O3S. The van der Waals surface area contributed by atoms with Crippen LogP contribution in [0, 0.1) is 0 Å². The molecule has 1 fully saturated rings. The maximum atomic E-state index is 13.0. The molecule has 11 heteroatoms. The number of halogens is 3. The molecule has 3 rings (SSSR count). The van der Waals surface area contributed by atoms with Crippen molar-refractivity contribution < 1.29 is 26.7 Å². The van der Waals surface area contributed by atoms with E-state index in [4.69, 9.17) is 11.5 Å². The summed E-state index contributed by atoms with van der Waals surface area (Å²) in [5.74, 6) is 0. The van der Waals surface area contributed by atoms with Crippen LogP contribution in [0.4, 0.5) is 30.2 Å². The van der Waals surface area contributed by atoms with E-state index in [1.54, 1.807) is 0 Å². The number of hydrogen-bond acceptors (Lipinski definition) is 6. The number of nitrogens with zero attached hydrogens (tertiary/aromatic N) is 2. The van der Waals surface area contributed by atoms with Crippen LogP contribution in [0.15, 0.2) is 47.4 Å². The smallest absolute Gasteiger partial charge is 0.399 e. The van der Waals surface area contributed by atoms with Gasteiger partial charge in [0.1, 0.15) is 4.90 Å². The standard InChI is InChI=1S/C19H23F3N4O3S/c1-18(27,19(20,21)22)13-2-5-15(6-3-13)25-8-10-26(11-9-25)30(28,29)17-7-4-14(23)12-16(17)24/h2-7,12,27H,8-11,23-24H2,1H3. The van der Waals surface area contributed by atoms with Crippen molar-refractivity contribution in [3.63, 3.8) is 0 Å². The Labute approximate surface area is 172 Å². The Bertz CT molecular complexity index is 1020. The summed E-state index contributed by atoms with van der Waals surface area (Å²) in [4.78, 5) is 1.86. The molecule has 0 radical (unpaired) electrons. The topological polar surface area (TPSA) is 113 Å². The number of rotatable bonds is 4. The number of benzene rings is 2. The second kappa shape index (κ2) is 7.64. The van der Waals surface area contributed by atoms with Gasteiger partial charge in [-0.1, -0.05) is 12.1 Å². The fraction of sp³-hybridized carbons (Fsp3) is 0.368. The first-order chi connectivity index (χ1) is 13.8. The molecule has 0 aromatic heterocycles. The average molecular weight is 444 g/mol. The largest absolute Gasteiger partial charge is 0.421 e. The van der Waals surface area contributed by atoms with Gasteiger partial charge in [-0.2, -0.15) is 17.5 Å². The molecule has 1 heterocycles. The zero-order valence-corrected chi connectivity index (χ0v) is 17.0. The van der Waals surface area contributed by atoms with E-state index in [2.05, 4.69) is 0 Å². The van der Waals surface area contributed by atoms with Crippen LogP contribution in [0.3, 0.4) is 0 Å². The zero-order valence-electron chi connectivity index (χ0n) is 16.2. The molecule has 0 amide bonds. The Kier molecular flexibility index (Phi) is 5.65. The summed E-state index contributed by atoms with van der Waals surface area (Å²) in [6, 6.07) is 9.65.